The van der Waals surface area contributed by atoms with Crippen molar-refractivity contribution in [3.63, 3.8) is 0 Å². The van der Waals surface area contributed by atoms with Gasteiger partial charge in [-0.05, 0) is 55.5 Å². The molecule has 2 aromatic rings. The Bertz CT molecular complexity index is 729. The lowest BCUT2D eigenvalue weighted by Crippen LogP contribution is -2.55. The quantitative estimate of drug-likeness (QED) is 0.879. The van der Waals surface area contributed by atoms with Crippen molar-refractivity contribution in [1.82, 2.24) is 9.88 Å². The van der Waals surface area contributed by atoms with E-state index in [1.807, 2.05) is 30.3 Å². The van der Waals surface area contributed by atoms with Crippen LogP contribution >= 0.6 is 0 Å². The molecule has 144 valence electrons. The SMILES string of the molecule is OC1CCCOC12CCN(Cc1cccc(OCc3ccccn3)c1)CC2. The molecule has 5 heteroatoms. The van der Waals surface area contributed by atoms with Gasteiger partial charge < -0.3 is 14.6 Å². The summed E-state index contributed by atoms with van der Waals surface area (Å²) in [6, 6.07) is 14.1. The number of rotatable bonds is 5. The van der Waals surface area contributed by atoms with Gasteiger partial charge in [-0.15, -0.1) is 0 Å². The Hall–Kier alpha value is -1.95. The Kier molecular flexibility index (Phi) is 5.72. The van der Waals surface area contributed by atoms with Crippen molar-refractivity contribution in [2.45, 2.75) is 50.5 Å². The van der Waals surface area contributed by atoms with E-state index in [1.54, 1.807) is 6.20 Å². The third-order valence-electron chi connectivity index (χ3n) is 5.74. The number of aliphatic hydroxyl groups excluding tert-OH is 1. The molecule has 0 radical (unpaired) electrons. The molecule has 2 aliphatic rings. The minimum Gasteiger partial charge on any atom is -0.487 e. The summed E-state index contributed by atoms with van der Waals surface area (Å²) in [7, 11) is 0. The summed E-state index contributed by atoms with van der Waals surface area (Å²) in [5.41, 5.74) is 1.87. The van der Waals surface area contributed by atoms with Crippen molar-refractivity contribution >= 4 is 0 Å². The average molecular weight is 368 g/mol. The van der Waals surface area contributed by atoms with E-state index >= 15 is 0 Å². The van der Waals surface area contributed by atoms with Crippen LogP contribution in [0.15, 0.2) is 48.7 Å². The lowest BCUT2D eigenvalue weighted by atomic mass is 9.82. The van der Waals surface area contributed by atoms with Crippen molar-refractivity contribution in [3.05, 3.63) is 59.9 Å². The number of nitrogens with zero attached hydrogens (tertiary/aromatic N) is 2. The Morgan fingerprint density at radius 3 is 2.85 bits per heavy atom. The van der Waals surface area contributed by atoms with E-state index in [4.69, 9.17) is 9.47 Å². The fourth-order valence-corrected chi connectivity index (χ4v) is 4.11. The zero-order valence-electron chi connectivity index (χ0n) is 15.7. The van der Waals surface area contributed by atoms with Crippen molar-refractivity contribution in [2.24, 2.45) is 0 Å². The topological polar surface area (TPSA) is 54.8 Å². The molecule has 0 amide bonds. The van der Waals surface area contributed by atoms with Crippen LogP contribution in [-0.4, -0.2) is 46.4 Å². The molecule has 1 atom stereocenters. The number of likely N-dealkylation sites (tertiary alicyclic amines) is 1. The molecule has 5 nitrogen and oxygen atoms in total. The highest BCUT2D eigenvalue weighted by molar-refractivity contribution is 5.28. The maximum absolute atomic E-state index is 10.4. The fourth-order valence-electron chi connectivity index (χ4n) is 4.11. The van der Waals surface area contributed by atoms with Gasteiger partial charge in [0.2, 0.25) is 0 Å². The van der Waals surface area contributed by atoms with Crippen LogP contribution in [0.5, 0.6) is 5.75 Å². The second-order valence-corrected chi connectivity index (χ2v) is 7.60. The number of piperidine rings is 1. The van der Waals surface area contributed by atoms with Crippen molar-refractivity contribution < 1.29 is 14.6 Å². The Balaban J connectivity index is 1.31. The van der Waals surface area contributed by atoms with E-state index in [2.05, 4.69) is 22.0 Å². The van der Waals surface area contributed by atoms with Crippen molar-refractivity contribution in [3.8, 4) is 5.75 Å². The van der Waals surface area contributed by atoms with Gasteiger partial charge >= 0.3 is 0 Å². The number of benzene rings is 1. The van der Waals surface area contributed by atoms with Crippen LogP contribution in [0.2, 0.25) is 0 Å². The number of hydrogen-bond acceptors (Lipinski definition) is 5. The zero-order valence-corrected chi connectivity index (χ0v) is 15.7. The van der Waals surface area contributed by atoms with Crippen LogP contribution in [0.3, 0.4) is 0 Å². The molecule has 2 saturated heterocycles. The summed E-state index contributed by atoms with van der Waals surface area (Å²) in [5, 5.41) is 10.4. The molecule has 1 aromatic carbocycles. The molecular weight excluding hydrogens is 340 g/mol. The van der Waals surface area contributed by atoms with Crippen molar-refractivity contribution in [1.29, 1.82) is 0 Å². The van der Waals surface area contributed by atoms with Gasteiger partial charge in [0.1, 0.15) is 12.4 Å². The summed E-state index contributed by atoms with van der Waals surface area (Å²) in [6.07, 6.45) is 5.13. The van der Waals surface area contributed by atoms with Crippen molar-refractivity contribution in [2.75, 3.05) is 19.7 Å². The van der Waals surface area contributed by atoms with Crippen LogP contribution in [0, 0.1) is 0 Å². The van der Waals surface area contributed by atoms with Gasteiger partial charge in [0.25, 0.3) is 0 Å². The van der Waals surface area contributed by atoms with Gasteiger partial charge in [0.15, 0.2) is 0 Å². The van der Waals surface area contributed by atoms with E-state index in [-0.39, 0.29) is 11.7 Å². The third-order valence-corrected chi connectivity index (χ3v) is 5.74. The summed E-state index contributed by atoms with van der Waals surface area (Å²) in [4.78, 5) is 6.73. The zero-order chi connectivity index (χ0) is 18.5. The molecule has 3 heterocycles. The Morgan fingerprint density at radius 2 is 2.07 bits per heavy atom. The predicted octanol–water partition coefficient (Wildman–Crippen LogP) is 3.17. The lowest BCUT2D eigenvalue weighted by molar-refractivity contribution is -0.177. The molecule has 27 heavy (non-hydrogen) atoms. The molecule has 1 N–H and O–H groups in total. The molecule has 4 rings (SSSR count). The van der Waals surface area contributed by atoms with E-state index in [1.165, 1.54) is 5.56 Å². The van der Waals surface area contributed by atoms with Crippen LogP contribution < -0.4 is 4.74 Å². The highest BCUT2D eigenvalue weighted by Crippen LogP contribution is 2.35. The van der Waals surface area contributed by atoms with Gasteiger partial charge in [0.05, 0.1) is 17.4 Å². The summed E-state index contributed by atoms with van der Waals surface area (Å²) in [6.45, 7) is 4.07. The molecule has 1 aromatic heterocycles. The maximum atomic E-state index is 10.4. The van der Waals surface area contributed by atoms with Gasteiger partial charge in [0, 0.05) is 32.4 Å². The van der Waals surface area contributed by atoms with Gasteiger partial charge in [-0.2, -0.15) is 0 Å². The first-order valence-electron chi connectivity index (χ1n) is 9.90. The van der Waals surface area contributed by atoms with Crippen LogP contribution in [0.4, 0.5) is 0 Å². The minimum absolute atomic E-state index is 0.303. The monoisotopic (exact) mass is 368 g/mol. The van der Waals surface area contributed by atoms with Gasteiger partial charge in [-0.3, -0.25) is 9.88 Å². The Labute approximate surface area is 160 Å². The molecule has 0 aliphatic carbocycles. The van der Waals surface area contributed by atoms with E-state index in [0.717, 1.165) is 63.4 Å². The number of aliphatic hydroxyl groups is 1. The summed E-state index contributed by atoms with van der Waals surface area (Å²) >= 11 is 0. The van der Waals surface area contributed by atoms with Crippen LogP contribution in [-0.2, 0) is 17.9 Å². The number of ether oxygens (including phenoxy) is 2. The number of aromatic nitrogens is 1. The first-order valence-corrected chi connectivity index (χ1v) is 9.90. The predicted molar refractivity (Wildman–Crippen MR) is 103 cm³/mol. The molecule has 0 saturated carbocycles. The molecule has 2 fully saturated rings. The smallest absolute Gasteiger partial charge is 0.130 e. The summed E-state index contributed by atoms with van der Waals surface area (Å²) < 4.78 is 11.9. The Morgan fingerprint density at radius 1 is 1.19 bits per heavy atom. The van der Waals surface area contributed by atoms with Crippen LogP contribution in [0.25, 0.3) is 0 Å². The molecule has 1 spiro atoms. The first kappa shape index (κ1) is 18.4. The lowest BCUT2D eigenvalue weighted by Gasteiger charge is -2.46. The normalized spacial score (nSPS) is 22.6. The molecule has 2 aliphatic heterocycles. The maximum Gasteiger partial charge on any atom is 0.130 e. The largest absolute Gasteiger partial charge is 0.487 e. The molecule has 0 bridgehead atoms. The number of pyridine rings is 1. The number of hydrogen-bond donors (Lipinski definition) is 1. The van der Waals surface area contributed by atoms with Crippen LogP contribution in [0.1, 0.15) is 36.9 Å². The van der Waals surface area contributed by atoms with E-state index < -0.39 is 0 Å². The summed E-state index contributed by atoms with van der Waals surface area (Å²) in [5.74, 6) is 0.873. The second-order valence-electron chi connectivity index (χ2n) is 7.60. The molecular formula is C22H28N2O3. The van der Waals surface area contributed by atoms with E-state index in [9.17, 15) is 5.11 Å². The second kappa shape index (κ2) is 8.38. The molecule has 1 unspecified atom stereocenters. The minimum atomic E-state index is -0.309. The first-order chi connectivity index (χ1) is 13.2. The van der Waals surface area contributed by atoms with Gasteiger partial charge in [-0.1, -0.05) is 18.2 Å². The highest BCUT2D eigenvalue weighted by Gasteiger charge is 2.43. The fraction of sp³-hybridized carbons (Fsp3) is 0.500. The third kappa shape index (κ3) is 4.49. The van der Waals surface area contributed by atoms with E-state index in [0.29, 0.717) is 6.61 Å². The highest BCUT2D eigenvalue weighted by atomic mass is 16.5. The van der Waals surface area contributed by atoms with Gasteiger partial charge in [-0.25, -0.2) is 0 Å². The standard InChI is InChI=1S/C22H28N2O3/c25-21-8-4-14-27-22(21)9-12-24(13-10-22)16-18-5-3-7-20(15-18)26-17-19-6-1-2-11-23-19/h1-3,5-7,11,15,21,25H,4,8-10,12-14,16-17H2. The average Bonchev–Trinajstić information content (AvgIpc) is 2.72.